The maximum atomic E-state index is 12.1. The molecular weight excluding hydrogens is 316 g/mol. The summed E-state index contributed by atoms with van der Waals surface area (Å²) in [4.78, 5) is 25.6. The van der Waals surface area contributed by atoms with Gasteiger partial charge in [0.15, 0.2) is 0 Å². The fourth-order valence-electron chi connectivity index (χ4n) is 2.53. The number of nitrogens with one attached hydrogen (secondary N) is 1. The highest BCUT2D eigenvalue weighted by Gasteiger charge is 2.13. The third-order valence-electron chi connectivity index (χ3n) is 4.06. The summed E-state index contributed by atoms with van der Waals surface area (Å²) in [6.07, 6.45) is 0.248. The summed E-state index contributed by atoms with van der Waals surface area (Å²) in [6.45, 7) is 4.34. The minimum absolute atomic E-state index is 0.0805. The summed E-state index contributed by atoms with van der Waals surface area (Å²) in [5, 5.41) is 2.91. The fourth-order valence-corrected chi connectivity index (χ4v) is 2.53. The molecule has 25 heavy (non-hydrogen) atoms. The summed E-state index contributed by atoms with van der Waals surface area (Å²) >= 11 is 0. The van der Waals surface area contributed by atoms with Crippen molar-refractivity contribution in [1.29, 1.82) is 0 Å². The van der Waals surface area contributed by atoms with E-state index in [1.807, 2.05) is 43.3 Å². The molecule has 0 spiro atoms. The molecule has 0 aliphatic carbocycles. The smallest absolute Gasteiger partial charge is 0.223 e. The van der Waals surface area contributed by atoms with E-state index < -0.39 is 0 Å². The summed E-state index contributed by atoms with van der Waals surface area (Å²) in [6, 6.07) is 15.2. The zero-order chi connectivity index (χ0) is 18.2. The molecule has 0 saturated carbocycles. The van der Waals surface area contributed by atoms with Crippen LogP contribution in [0.15, 0.2) is 48.5 Å². The van der Waals surface area contributed by atoms with E-state index >= 15 is 0 Å². The van der Waals surface area contributed by atoms with Gasteiger partial charge in [0.25, 0.3) is 0 Å². The lowest BCUT2D eigenvalue weighted by Gasteiger charge is -2.21. The van der Waals surface area contributed by atoms with Crippen molar-refractivity contribution in [2.24, 2.45) is 0 Å². The first-order valence-corrected chi connectivity index (χ1v) is 8.24. The van der Waals surface area contributed by atoms with Crippen LogP contribution in [0.1, 0.15) is 24.5 Å². The average Bonchev–Trinajstić information content (AvgIpc) is 2.61. The molecule has 0 heterocycles. The molecule has 0 saturated heterocycles. The topological polar surface area (TPSA) is 58.6 Å². The van der Waals surface area contributed by atoms with Crippen molar-refractivity contribution < 1.29 is 14.3 Å². The molecule has 0 radical (unpaired) electrons. The molecule has 1 N–H and O–H groups in total. The number of hydrogen-bond donors (Lipinski definition) is 1. The first kappa shape index (κ1) is 18.5. The molecule has 2 aromatic rings. The number of carbonyl (C=O) groups is 2. The predicted molar refractivity (Wildman–Crippen MR) is 98.7 cm³/mol. The maximum Gasteiger partial charge on any atom is 0.223 e. The number of ether oxygens (including phenoxy) is 1. The molecule has 5 heteroatoms. The fraction of sp³-hybridized carbons (Fsp3) is 0.300. The van der Waals surface area contributed by atoms with Crippen LogP contribution in [-0.2, 0) is 16.1 Å². The predicted octanol–water partition coefficient (Wildman–Crippen LogP) is 3.06. The number of anilines is 1. The molecule has 0 aromatic heterocycles. The zero-order valence-electron chi connectivity index (χ0n) is 14.9. The number of benzene rings is 2. The monoisotopic (exact) mass is 340 g/mol. The molecule has 0 atom stereocenters. The van der Waals surface area contributed by atoms with Gasteiger partial charge in [-0.2, -0.15) is 0 Å². The van der Waals surface area contributed by atoms with Crippen molar-refractivity contribution in [3.63, 3.8) is 0 Å². The molecule has 0 fully saturated rings. The van der Waals surface area contributed by atoms with Gasteiger partial charge < -0.3 is 15.0 Å². The van der Waals surface area contributed by atoms with Gasteiger partial charge in [-0.15, -0.1) is 0 Å². The van der Waals surface area contributed by atoms with Crippen molar-refractivity contribution in [2.75, 3.05) is 18.6 Å². The largest absolute Gasteiger partial charge is 0.497 e. The van der Waals surface area contributed by atoms with E-state index in [-0.39, 0.29) is 18.2 Å². The molecular formula is C20H24N2O3. The number of nitrogens with zero attached hydrogens (tertiary/aromatic N) is 1. The van der Waals surface area contributed by atoms with E-state index in [0.717, 1.165) is 22.6 Å². The second-order valence-electron chi connectivity index (χ2n) is 5.82. The minimum atomic E-state index is -0.100. The molecule has 0 aliphatic rings. The van der Waals surface area contributed by atoms with E-state index in [4.69, 9.17) is 4.74 Å². The van der Waals surface area contributed by atoms with Crippen LogP contribution < -0.4 is 15.0 Å². The Morgan fingerprint density at radius 2 is 1.76 bits per heavy atom. The average molecular weight is 340 g/mol. The number of carbonyl (C=O) groups excluding carboxylic acids is 2. The Kier molecular flexibility index (Phi) is 6.57. The molecule has 132 valence electrons. The highest BCUT2D eigenvalue weighted by atomic mass is 16.5. The minimum Gasteiger partial charge on any atom is -0.497 e. The molecule has 5 nitrogen and oxygen atoms in total. The quantitative estimate of drug-likeness (QED) is 0.843. The molecule has 2 aromatic carbocycles. The Labute approximate surface area is 148 Å². The van der Waals surface area contributed by atoms with Crippen molar-refractivity contribution in [3.05, 3.63) is 59.7 Å². The van der Waals surface area contributed by atoms with Gasteiger partial charge in [0, 0.05) is 32.1 Å². The summed E-state index contributed by atoms with van der Waals surface area (Å²) in [5.41, 5.74) is 2.99. The number of amides is 2. The Morgan fingerprint density at radius 1 is 1.08 bits per heavy atom. The van der Waals surface area contributed by atoms with Gasteiger partial charge in [-0.25, -0.2) is 0 Å². The highest BCUT2D eigenvalue weighted by molar-refractivity contribution is 5.92. The zero-order valence-corrected chi connectivity index (χ0v) is 14.9. The Morgan fingerprint density at radius 3 is 2.36 bits per heavy atom. The number of aryl methyl sites for hydroxylation is 1. The number of hydrogen-bond acceptors (Lipinski definition) is 3. The second kappa shape index (κ2) is 8.87. The SMILES string of the molecule is COc1ccc(N(CCC(=O)NCc2ccccc2C)C(C)=O)cc1. The second-order valence-corrected chi connectivity index (χ2v) is 5.82. The van der Waals surface area contributed by atoms with E-state index in [0.29, 0.717) is 13.1 Å². The lowest BCUT2D eigenvalue weighted by atomic mass is 10.1. The van der Waals surface area contributed by atoms with Gasteiger partial charge in [-0.05, 0) is 42.3 Å². The van der Waals surface area contributed by atoms with Gasteiger partial charge in [-0.3, -0.25) is 9.59 Å². The van der Waals surface area contributed by atoms with Gasteiger partial charge in [0.05, 0.1) is 7.11 Å². The van der Waals surface area contributed by atoms with Crippen LogP contribution in [0.5, 0.6) is 5.75 Å². The first-order valence-electron chi connectivity index (χ1n) is 8.24. The van der Waals surface area contributed by atoms with Gasteiger partial charge in [0.1, 0.15) is 5.75 Å². The Bertz CT molecular complexity index is 726. The number of methoxy groups -OCH3 is 1. The molecule has 0 bridgehead atoms. The van der Waals surface area contributed by atoms with Crippen molar-refractivity contribution >= 4 is 17.5 Å². The van der Waals surface area contributed by atoms with E-state index in [1.54, 1.807) is 24.1 Å². The summed E-state index contributed by atoms with van der Waals surface area (Å²) < 4.78 is 5.12. The van der Waals surface area contributed by atoms with Crippen LogP contribution in [0.3, 0.4) is 0 Å². The summed E-state index contributed by atoms with van der Waals surface area (Å²) in [5.74, 6) is 0.545. The molecule has 0 aliphatic heterocycles. The van der Waals surface area contributed by atoms with E-state index in [9.17, 15) is 9.59 Å². The van der Waals surface area contributed by atoms with Crippen LogP contribution in [0.25, 0.3) is 0 Å². The van der Waals surface area contributed by atoms with Crippen LogP contribution >= 0.6 is 0 Å². The lowest BCUT2D eigenvalue weighted by Crippen LogP contribution is -2.33. The van der Waals surface area contributed by atoms with E-state index in [1.165, 1.54) is 6.92 Å². The molecule has 2 rings (SSSR count). The van der Waals surface area contributed by atoms with Gasteiger partial charge >= 0.3 is 0 Å². The van der Waals surface area contributed by atoms with Crippen LogP contribution in [0, 0.1) is 6.92 Å². The first-order chi connectivity index (χ1) is 12.0. The van der Waals surface area contributed by atoms with Crippen molar-refractivity contribution in [3.8, 4) is 5.75 Å². The third kappa shape index (κ3) is 5.35. The van der Waals surface area contributed by atoms with Gasteiger partial charge in [-0.1, -0.05) is 24.3 Å². The van der Waals surface area contributed by atoms with Crippen molar-refractivity contribution in [1.82, 2.24) is 5.32 Å². The van der Waals surface area contributed by atoms with Crippen LogP contribution in [0.2, 0.25) is 0 Å². The van der Waals surface area contributed by atoms with Crippen molar-refractivity contribution in [2.45, 2.75) is 26.8 Å². The van der Waals surface area contributed by atoms with E-state index in [2.05, 4.69) is 5.32 Å². The van der Waals surface area contributed by atoms with Crippen LogP contribution in [0.4, 0.5) is 5.69 Å². The third-order valence-corrected chi connectivity index (χ3v) is 4.06. The molecule has 2 amide bonds. The van der Waals surface area contributed by atoms with Gasteiger partial charge in [0.2, 0.25) is 11.8 Å². The lowest BCUT2D eigenvalue weighted by molar-refractivity contribution is -0.121. The highest BCUT2D eigenvalue weighted by Crippen LogP contribution is 2.19. The maximum absolute atomic E-state index is 12.1. The Hall–Kier alpha value is -2.82. The normalized spacial score (nSPS) is 10.2. The van der Waals surface area contributed by atoms with Crippen LogP contribution in [-0.4, -0.2) is 25.5 Å². The number of rotatable bonds is 7. The standard InChI is InChI=1S/C20H24N2O3/c1-15-6-4-5-7-17(15)14-21-20(24)12-13-22(16(2)23)18-8-10-19(25-3)11-9-18/h4-11H,12-14H2,1-3H3,(H,21,24). The Balaban J connectivity index is 1.90. The summed E-state index contributed by atoms with van der Waals surface area (Å²) in [7, 11) is 1.59. The molecule has 0 unspecified atom stereocenters.